The highest BCUT2D eigenvalue weighted by atomic mass is 79.9. The largest absolute Gasteiger partial charge is 0.350 e. The Labute approximate surface area is 161 Å². The van der Waals surface area contributed by atoms with Crippen molar-refractivity contribution < 1.29 is 4.39 Å². The lowest BCUT2D eigenvalue weighted by molar-refractivity contribution is 0.622. The standard InChI is InChI=1S/C20H20BrFN4/c1-20(2,3)26-19-24-17(13-7-5-4-6-8-13)12-18(25-19)23-14-9-10-15(21)16(22)11-14/h4-12H,1-3H3,(H2,23,24,25,26). The number of nitrogens with zero attached hydrogens (tertiary/aromatic N) is 2. The van der Waals surface area contributed by atoms with Crippen molar-refractivity contribution in [2.75, 3.05) is 10.6 Å². The second-order valence-electron chi connectivity index (χ2n) is 6.96. The van der Waals surface area contributed by atoms with Crippen LogP contribution >= 0.6 is 15.9 Å². The summed E-state index contributed by atoms with van der Waals surface area (Å²) in [6.45, 7) is 6.13. The van der Waals surface area contributed by atoms with Gasteiger partial charge in [-0.05, 0) is 54.9 Å². The lowest BCUT2D eigenvalue weighted by atomic mass is 10.1. The topological polar surface area (TPSA) is 49.8 Å². The minimum atomic E-state index is -0.333. The number of anilines is 3. The number of hydrogen-bond acceptors (Lipinski definition) is 4. The van der Waals surface area contributed by atoms with Crippen molar-refractivity contribution >= 4 is 33.4 Å². The molecule has 0 saturated heterocycles. The van der Waals surface area contributed by atoms with Gasteiger partial charge < -0.3 is 10.6 Å². The van der Waals surface area contributed by atoms with E-state index < -0.39 is 0 Å². The molecule has 1 heterocycles. The van der Waals surface area contributed by atoms with Gasteiger partial charge in [-0.1, -0.05) is 30.3 Å². The van der Waals surface area contributed by atoms with Crippen LogP contribution in [0, 0.1) is 5.82 Å². The van der Waals surface area contributed by atoms with Crippen molar-refractivity contribution in [2.45, 2.75) is 26.3 Å². The average molecular weight is 415 g/mol. The quantitative estimate of drug-likeness (QED) is 0.549. The Morgan fingerprint density at radius 1 is 0.962 bits per heavy atom. The molecule has 0 aliphatic carbocycles. The highest BCUT2D eigenvalue weighted by Crippen LogP contribution is 2.26. The molecule has 6 heteroatoms. The molecular weight excluding hydrogens is 395 g/mol. The summed E-state index contributed by atoms with van der Waals surface area (Å²) in [5, 5.41) is 6.45. The predicted molar refractivity (Wildman–Crippen MR) is 108 cm³/mol. The highest BCUT2D eigenvalue weighted by Gasteiger charge is 2.14. The maximum atomic E-state index is 13.8. The van der Waals surface area contributed by atoms with E-state index in [0.29, 0.717) is 21.9 Å². The molecule has 0 aliphatic rings. The van der Waals surface area contributed by atoms with Gasteiger partial charge in [-0.3, -0.25) is 0 Å². The maximum absolute atomic E-state index is 13.8. The summed E-state index contributed by atoms with van der Waals surface area (Å²) in [6.07, 6.45) is 0. The van der Waals surface area contributed by atoms with E-state index in [2.05, 4.69) is 36.5 Å². The van der Waals surface area contributed by atoms with E-state index in [4.69, 9.17) is 0 Å². The lowest BCUT2D eigenvalue weighted by Crippen LogP contribution is -2.27. The first-order valence-corrected chi connectivity index (χ1v) is 9.04. The summed E-state index contributed by atoms with van der Waals surface area (Å²) in [7, 11) is 0. The summed E-state index contributed by atoms with van der Waals surface area (Å²) in [5.41, 5.74) is 2.20. The van der Waals surface area contributed by atoms with Crippen molar-refractivity contribution in [3.05, 3.63) is 64.9 Å². The molecule has 2 aromatic carbocycles. The summed E-state index contributed by atoms with van der Waals surface area (Å²) >= 11 is 3.16. The van der Waals surface area contributed by atoms with Crippen LogP contribution < -0.4 is 10.6 Å². The zero-order valence-corrected chi connectivity index (χ0v) is 16.4. The van der Waals surface area contributed by atoms with Gasteiger partial charge in [0.25, 0.3) is 0 Å². The molecule has 0 bridgehead atoms. The van der Waals surface area contributed by atoms with E-state index in [9.17, 15) is 4.39 Å². The van der Waals surface area contributed by atoms with Crippen LogP contribution in [0.3, 0.4) is 0 Å². The first-order valence-electron chi connectivity index (χ1n) is 8.25. The molecule has 3 rings (SSSR count). The second kappa shape index (κ2) is 7.41. The van der Waals surface area contributed by atoms with Crippen LogP contribution in [-0.4, -0.2) is 15.5 Å². The zero-order chi connectivity index (χ0) is 18.7. The van der Waals surface area contributed by atoms with E-state index in [-0.39, 0.29) is 11.4 Å². The van der Waals surface area contributed by atoms with Crippen LogP contribution in [0.2, 0.25) is 0 Å². The Morgan fingerprint density at radius 2 is 1.69 bits per heavy atom. The number of halogens is 2. The summed E-state index contributed by atoms with van der Waals surface area (Å²) in [6, 6.07) is 16.6. The van der Waals surface area contributed by atoms with Crippen LogP contribution in [0.4, 0.5) is 21.8 Å². The van der Waals surface area contributed by atoms with E-state index >= 15 is 0 Å². The van der Waals surface area contributed by atoms with Crippen molar-refractivity contribution in [2.24, 2.45) is 0 Å². The molecule has 0 aliphatic heterocycles. The van der Waals surface area contributed by atoms with Gasteiger partial charge in [0, 0.05) is 22.9 Å². The lowest BCUT2D eigenvalue weighted by Gasteiger charge is -2.21. The van der Waals surface area contributed by atoms with E-state index in [0.717, 1.165) is 11.3 Å². The third kappa shape index (κ3) is 4.79. The monoisotopic (exact) mass is 414 g/mol. The molecule has 4 nitrogen and oxygen atoms in total. The van der Waals surface area contributed by atoms with E-state index in [1.165, 1.54) is 6.07 Å². The summed E-state index contributed by atoms with van der Waals surface area (Å²) < 4.78 is 14.2. The minimum absolute atomic E-state index is 0.184. The van der Waals surface area contributed by atoms with Crippen LogP contribution in [-0.2, 0) is 0 Å². The van der Waals surface area contributed by atoms with Crippen molar-refractivity contribution in [3.63, 3.8) is 0 Å². The first-order chi connectivity index (χ1) is 12.3. The number of rotatable bonds is 4. The minimum Gasteiger partial charge on any atom is -0.350 e. The molecule has 0 saturated carbocycles. The molecular formula is C20H20BrFN4. The maximum Gasteiger partial charge on any atom is 0.225 e. The van der Waals surface area contributed by atoms with Gasteiger partial charge >= 0.3 is 0 Å². The first kappa shape index (κ1) is 18.3. The summed E-state index contributed by atoms with van der Waals surface area (Å²) in [4.78, 5) is 9.14. The molecule has 0 atom stereocenters. The number of nitrogens with one attached hydrogen (secondary N) is 2. The van der Waals surface area contributed by atoms with E-state index in [1.54, 1.807) is 12.1 Å². The number of benzene rings is 2. The number of hydrogen-bond donors (Lipinski definition) is 2. The number of aromatic nitrogens is 2. The van der Waals surface area contributed by atoms with Gasteiger partial charge in [0.2, 0.25) is 5.95 Å². The van der Waals surface area contributed by atoms with Gasteiger partial charge in [0.05, 0.1) is 10.2 Å². The Morgan fingerprint density at radius 3 is 2.35 bits per heavy atom. The fourth-order valence-electron chi connectivity index (χ4n) is 2.38. The second-order valence-corrected chi connectivity index (χ2v) is 7.81. The molecule has 26 heavy (non-hydrogen) atoms. The van der Waals surface area contributed by atoms with Gasteiger partial charge in [-0.25, -0.2) is 9.37 Å². The van der Waals surface area contributed by atoms with Crippen LogP contribution in [0.1, 0.15) is 20.8 Å². The molecule has 134 valence electrons. The normalized spacial score (nSPS) is 11.3. The SMILES string of the molecule is CC(C)(C)Nc1nc(Nc2ccc(Br)c(F)c2)cc(-c2ccccc2)n1. The van der Waals surface area contributed by atoms with Gasteiger partial charge in [0.1, 0.15) is 11.6 Å². The molecule has 0 amide bonds. The fraction of sp³-hybridized carbons (Fsp3) is 0.200. The summed E-state index contributed by atoms with van der Waals surface area (Å²) in [5.74, 6) is 0.770. The molecule has 0 spiro atoms. The fourth-order valence-corrected chi connectivity index (χ4v) is 2.63. The highest BCUT2D eigenvalue weighted by molar-refractivity contribution is 9.10. The Balaban J connectivity index is 2.00. The zero-order valence-electron chi connectivity index (χ0n) is 14.8. The van der Waals surface area contributed by atoms with Crippen LogP contribution in [0.5, 0.6) is 0 Å². The molecule has 0 unspecified atom stereocenters. The third-order valence-corrected chi connectivity index (χ3v) is 4.12. The molecule has 1 aromatic heterocycles. The van der Waals surface area contributed by atoms with Gasteiger partial charge in [-0.2, -0.15) is 4.98 Å². The van der Waals surface area contributed by atoms with Crippen molar-refractivity contribution in [1.29, 1.82) is 0 Å². The molecule has 2 N–H and O–H groups in total. The molecule has 0 fully saturated rings. The van der Waals surface area contributed by atoms with Crippen LogP contribution in [0.25, 0.3) is 11.3 Å². The molecule has 0 radical (unpaired) electrons. The Bertz CT molecular complexity index is 907. The van der Waals surface area contributed by atoms with Crippen molar-refractivity contribution in [1.82, 2.24) is 9.97 Å². The molecule has 3 aromatic rings. The van der Waals surface area contributed by atoms with E-state index in [1.807, 2.05) is 57.2 Å². The van der Waals surface area contributed by atoms with Gasteiger partial charge in [-0.15, -0.1) is 0 Å². The van der Waals surface area contributed by atoms with Gasteiger partial charge in [0.15, 0.2) is 0 Å². The smallest absolute Gasteiger partial charge is 0.225 e. The third-order valence-electron chi connectivity index (χ3n) is 3.47. The average Bonchev–Trinajstić information content (AvgIpc) is 2.57. The Kier molecular flexibility index (Phi) is 5.23. The van der Waals surface area contributed by atoms with Crippen molar-refractivity contribution in [3.8, 4) is 11.3 Å². The van der Waals surface area contributed by atoms with Crippen LogP contribution in [0.15, 0.2) is 59.1 Å². The Hall–Kier alpha value is -2.47. The predicted octanol–water partition coefficient (Wildman–Crippen LogP) is 6.00.